The van der Waals surface area contributed by atoms with Crippen LogP contribution >= 0.6 is 0 Å². The van der Waals surface area contributed by atoms with Gasteiger partial charge in [-0.05, 0) is 6.42 Å². The molecule has 0 aromatic carbocycles. The van der Waals surface area contributed by atoms with Crippen molar-refractivity contribution in [1.82, 2.24) is 9.78 Å². The number of hydrogen-bond donors (Lipinski definition) is 1. The van der Waals surface area contributed by atoms with Crippen LogP contribution in [0.15, 0.2) is 6.20 Å². The van der Waals surface area contributed by atoms with Gasteiger partial charge in [-0.25, -0.2) is 0 Å². The fourth-order valence-electron chi connectivity index (χ4n) is 1.21. The van der Waals surface area contributed by atoms with Crippen LogP contribution in [0.4, 0.5) is 0 Å². The van der Waals surface area contributed by atoms with E-state index in [4.69, 9.17) is 5.73 Å². The van der Waals surface area contributed by atoms with E-state index in [9.17, 15) is 0 Å². The molecule has 0 bridgehead atoms. The van der Waals surface area contributed by atoms with Crippen molar-refractivity contribution in [3.05, 3.63) is 17.5 Å². The van der Waals surface area contributed by atoms with Crippen LogP contribution in [0, 0.1) is 11.8 Å². The molecule has 3 heteroatoms. The van der Waals surface area contributed by atoms with Crippen LogP contribution in [0.1, 0.15) is 24.6 Å². The quantitative estimate of drug-likeness (QED) is 0.675. The van der Waals surface area contributed by atoms with E-state index in [0.717, 1.165) is 24.1 Å². The predicted molar refractivity (Wildman–Crippen MR) is 53.1 cm³/mol. The highest BCUT2D eigenvalue weighted by molar-refractivity contribution is 5.36. The van der Waals surface area contributed by atoms with Crippen LogP contribution in [0.2, 0.25) is 0 Å². The van der Waals surface area contributed by atoms with E-state index >= 15 is 0 Å². The van der Waals surface area contributed by atoms with Crippen molar-refractivity contribution in [2.75, 3.05) is 6.54 Å². The summed E-state index contributed by atoms with van der Waals surface area (Å²) in [6, 6.07) is 0. The minimum absolute atomic E-state index is 0.403. The second-order valence-corrected chi connectivity index (χ2v) is 2.92. The molecule has 0 aliphatic rings. The van der Waals surface area contributed by atoms with Gasteiger partial charge in [-0.3, -0.25) is 4.68 Å². The van der Waals surface area contributed by atoms with Gasteiger partial charge in [-0.1, -0.05) is 25.2 Å². The number of hydrogen-bond acceptors (Lipinski definition) is 2. The van der Waals surface area contributed by atoms with Crippen molar-refractivity contribution in [2.24, 2.45) is 12.8 Å². The van der Waals surface area contributed by atoms with Gasteiger partial charge in [0, 0.05) is 13.2 Å². The Kier molecular flexibility index (Phi) is 3.53. The van der Waals surface area contributed by atoms with E-state index in [0.29, 0.717) is 6.54 Å². The molecule has 1 aromatic heterocycles. The van der Waals surface area contributed by atoms with E-state index in [1.165, 1.54) is 0 Å². The zero-order valence-electron chi connectivity index (χ0n) is 8.17. The number of nitrogens with two attached hydrogens (primary N) is 1. The van der Waals surface area contributed by atoms with Crippen LogP contribution in [-0.2, 0) is 13.5 Å². The van der Waals surface area contributed by atoms with Gasteiger partial charge in [-0.15, -0.1) is 0 Å². The third kappa shape index (κ3) is 2.60. The summed E-state index contributed by atoms with van der Waals surface area (Å²) in [4.78, 5) is 0. The lowest BCUT2D eigenvalue weighted by molar-refractivity contribution is 0.733. The molecule has 1 rings (SSSR count). The maximum atomic E-state index is 5.31. The van der Waals surface area contributed by atoms with Crippen LogP contribution in [0.25, 0.3) is 0 Å². The van der Waals surface area contributed by atoms with Gasteiger partial charge in [0.15, 0.2) is 0 Å². The molecule has 1 heterocycles. The van der Waals surface area contributed by atoms with Crippen LogP contribution < -0.4 is 5.73 Å². The summed E-state index contributed by atoms with van der Waals surface area (Å²) in [5.74, 6) is 5.86. The van der Waals surface area contributed by atoms with E-state index in [1.54, 1.807) is 4.68 Å². The van der Waals surface area contributed by atoms with Crippen molar-refractivity contribution >= 4 is 0 Å². The summed E-state index contributed by atoms with van der Waals surface area (Å²) >= 11 is 0. The SMILES string of the molecule is CCCc1nn(C)cc1C#CCN. The number of aromatic nitrogens is 2. The first-order chi connectivity index (χ1) is 6.27. The summed E-state index contributed by atoms with van der Waals surface area (Å²) in [6.07, 6.45) is 4.01. The molecular weight excluding hydrogens is 162 g/mol. The first kappa shape index (κ1) is 9.82. The summed E-state index contributed by atoms with van der Waals surface area (Å²) in [7, 11) is 1.91. The van der Waals surface area contributed by atoms with Crippen molar-refractivity contribution in [3.63, 3.8) is 0 Å². The van der Waals surface area contributed by atoms with E-state index in [-0.39, 0.29) is 0 Å². The maximum Gasteiger partial charge on any atom is 0.0780 e. The zero-order chi connectivity index (χ0) is 9.68. The fourth-order valence-corrected chi connectivity index (χ4v) is 1.21. The second-order valence-electron chi connectivity index (χ2n) is 2.92. The Morgan fingerprint density at radius 1 is 1.62 bits per heavy atom. The molecule has 13 heavy (non-hydrogen) atoms. The maximum absolute atomic E-state index is 5.31. The summed E-state index contributed by atoms with van der Waals surface area (Å²) in [6.45, 7) is 2.54. The molecule has 70 valence electrons. The lowest BCUT2D eigenvalue weighted by Crippen LogP contribution is -1.94. The van der Waals surface area contributed by atoms with Gasteiger partial charge in [0.05, 0.1) is 17.8 Å². The van der Waals surface area contributed by atoms with Gasteiger partial charge in [0.1, 0.15) is 0 Å². The first-order valence-corrected chi connectivity index (χ1v) is 4.49. The van der Waals surface area contributed by atoms with E-state index in [1.807, 2.05) is 13.2 Å². The van der Waals surface area contributed by atoms with Crippen molar-refractivity contribution in [3.8, 4) is 11.8 Å². The Hall–Kier alpha value is -1.27. The van der Waals surface area contributed by atoms with Gasteiger partial charge in [-0.2, -0.15) is 5.10 Å². The summed E-state index contributed by atoms with van der Waals surface area (Å²) < 4.78 is 1.80. The molecule has 0 atom stereocenters. The molecule has 3 nitrogen and oxygen atoms in total. The molecule has 0 aliphatic heterocycles. The molecule has 0 fully saturated rings. The van der Waals surface area contributed by atoms with Crippen LogP contribution in [0.3, 0.4) is 0 Å². The predicted octanol–water partition coefficient (Wildman–Crippen LogP) is 0.683. The fraction of sp³-hybridized carbons (Fsp3) is 0.500. The molecule has 0 spiro atoms. The molecular formula is C10H15N3. The third-order valence-corrected chi connectivity index (χ3v) is 1.72. The van der Waals surface area contributed by atoms with Crippen molar-refractivity contribution in [2.45, 2.75) is 19.8 Å². The highest BCUT2D eigenvalue weighted by Crippen LogP contribution is 2.06. The van der Waals surface area contributed by atoms with Gasteiger partial charge >= 0.3 is 0 Å². The lowest BCUT2D eigenvalue weighted by Gasteiger charge is -1.91. The second kappa shape index (κ2) is 4.68. The van der Waals surface area contributed by atoms with E-state index < -0.39 is 0 Å². The van der Waals surface area contributed by atoms with Gasteiger partial charge in [0.2, 0.25) is 0 Å². The molecule has 0 unspecified atom stereocenters. The Labute approximate surface area is 78.9 Å². The minimum Gasteiger partial charge on any atom is -0.320 e. The average Bonchev–Trinajstić information content (AvgIpc) is 2.44. The monoisotopic (exact) mass is 177 g/mol. The molecule has 0 amide bonds. The Balaban J connectivity index is 2.90. The Morgan fingerprint density at radius 2 is 2.38 bits per heavy atom. The van der Waals surface area contributed by atoms with Crippen molar-refractivity contribution < 1.29 is 0 Å². The smallest absolute Gasteiger partial charge is 0.0780 e. The van der Waals surface area contributed by atoms with Crippen molar-refractivity contribution in [1.29, 1.82) is 0 Å². The number of nitrogens with zero attached hydrogens (tertiary/aromatic N) is 2. The third-order valence-electron chi connectivity index (χ3n) is 1.72. The minimum atomic E-state index is 0.403. The number of rotatable bonds is 2. The summed E-state index contributed by atoms with van der Waals surface area (Å²) in [5.41, 5.74) is 7.39. The highest BCUT2D eigenvalue weighted by Gasteiger charge is 2.02. The normalized spacial score (nSPS) is 9.46. The zero-order valence-corrected chi connectivity index (χ0v) is 8.17. The molecule has 0 saturated carbocycles. The Morgan fingerprint density at radius 3 is 3.00 bits per heavy atom. The highest BCUT2D eigenvalue weighted by atomic mass is 15.2. The van der Waals surface area contributed by atoms with Crippen LogP contribution in [-0.4, -0.2) is 16.3 Å². The molecule has 1 aromatic rings. The van der Waals surface area contributed by atoms with Gasteiger partial charge < -0.3 is 5.73 Å². The standard InChI is InChI=1S/C10H15N3/c1-3-5-10-9(6-4-7-11)8-13(2)12-10/h8H,3,5,7,11H2,1-2H3. The molecule has 0 radical (unpaired) electrons. The Bertz CT molecular complexity index is 328. The average molecular weight is 177 g/mol. The molecule has 0 aliphatic carbocycles. The molecule has 2 N–H and O–H groups in total. The largest absolute Gasteiger partial charge is 0.320 e. The van der Waals surface area contributed by atoms with Gasteiger partial charge in [0.25, 0.3) is 0 Å². The van der Waals surface area contributed by atoms with E-state index in [2.05, 4.69) is 23.9 Å². The van der Waals surface area contributed by atoms with Crippen LogP contribution in [0.5, 0.6) is 0 Å². The topological polar surface area (TPSA) is 43.8 Å². The summed E-state index contributed by atoms with van der Waals surface area (Å²) in [5, 5.41) is 4.33. The number of aryl methyl sites for hydroxylation is 2. The molecule has 0 saturated heterocycles. The first-order valence-electron chi connectivity index (χ1n) is 4.49. The lowest BCUT2D eigenvalue weighted by atomic mass is 10.2.